The SMILES string of the molecule is CC1=CN(Cc2c(Cl)ccc(C(=O)N3CCOCC3)c2Cl)C2C1=CC(C(F)(F)F)=NC2C. The summed E-state index contributed by atoms with van der Waals surface area (Å²) in [5, 5.41) is 0.639. The first-order valence-electron chi connectivity index (χ1n) is 10.2. The van der Waals surface area contributed by atoms with Crippen molar-refractivity contribution in [3.63, 3.8) is 0 Å². The molecule has 3 aliphatic heterocycles. The van der Waals surface area contributed by atoms with Crippen molar-refractivity contribution >= 4 is 34.8 Å². The maximum absolute atomic E-state index is 13.2. The van der Waals surface area contributed by atoms with Gasteiger partial charge in [0, 0.05) is 36.4 Å². The van der Waals surface area contributed by atoms with Crippen LogP contribution in [0.25, 0.3) is 0 Å². The molecule has 1 fully saturated rings. The molecule has 1 saturated heterocycles. The van der Waals surface area contributed by atoms with Crippen LogP contribution in [-0.2, 0) is 11.3 Å². The van der Waals surface area contributed by atoms with Gasteiger partial charge in [0.1, 0.15) is 5.71 Å². The van der Waals surface area contributed by atoms with Crippen LogP contribution in [0.15, 0.2) is 40.5 Å². The monoisotopic (exact) mass is 487 g/mol. The van der Waals surface area contributed by atoms with Crippen LogP contribution in [0.3, 0.4) is 0 Å². The van der Waals surface area contributed by atoms with E-state index in [2.05, 4.69) is 4.99 Å². The summed E-state index contributed by atoms with van der Waals surface area (Å²) in [5.74, 6) is -0.199. The first-order chi connectivity index (χ1) is 15.1. The van der Waals surface area contributed by atoms with Gasteiger partial charge in [0.15, 0.2) is 0 Å². The van der Waals surface area contributed by atoms with Gasteiger partial charge in [0.25, 0.3) is 5.91 Å². The lowest BCUT2D eigenvalue weighted by Gasteiger charge is -2.33. The Labute approximate surface area is 194 Å². The molecule has 0 N–H and O–H groups in total. The molecule has 4 rings (SSSR count). The number of hydrogen-bond donors (Lipinski definition) is 0. The van der Waals surface area contributed by atoms with Crippen molar-refractivity contribution in [3.8, 4) is 0 Å². The summed E-state index contributed by atoms with van der Waals surface area (Å²) >= 11 is 13.1. The van der Waals surface area contributed by atoms with E-state index in [0.717, 1.165) is 11.6 Å². The van der Waals surface area contributed by atoms with Gasteiger partial charge >= 0.3 is 6.18 Å². The van der Waals surface area contributed by atoms with Gasteiger partial charge < -0.3 is 14.5 Å². The number of amides is 1. The maximum Gasteiger partial charge on any atom is 0.432 e. The van der Waals surface area contributed by atoms with E-state index in [-0.39, 0.29) is 23.5 Å². The predicted molar refractivity (Wildman–Crippen MR) is 117 cm³/mol. The molecule has 0 aromatic heterocycles. The van der Waals surface area contributed by atoms with E-state index < -0.39 is 17.9 Å². The molecule has 0 saturated carbocycles. The fourth-order valence-corrected chi connectivity index (χ4v) is 4.92. The minimum atomic E-state index is -4.50. The maximum atomic E-state index is 13.2. The molecular formula is C22H22Cl2F3N3O2. The molecule has 0 radical (unpaired) electrons. The normalized spacial score (nSPS) is 23.5. The highest BCUT2D eigenvalue weighted by molar-refractivity contribution is 6.38. The molecular weight excluding hydrogens is 466 g/mol. The number of alkyl halides is 3. The van der Waals surface area contributed by atoms with Crippen LogP contribution in [0.4, 0.5) is 13.2 Å². The Kier molecular flexibility index (Phi) is 6.31. The summed E-state index contributed by atoms with van der Waals surface area (Å²) < 4.78 is 45.0. The van der Waals surface area contributed by atoms with E-state index in [0.29, 0.717) is 48.0 Å². The van der Waals surface area contributed by atoms with Crippen molar-refractivity contribution in [2.24, 2.45) is 4.99 Å². The van der Waals surface area contributed by atoms with E-state index in [4.69, 9.17) is 27.9 Å². The molecule has 10 heteroatoms. The average Bonchev–Trinajstić information content (AvgIpc) is 3.06. The van der Waals surface area contributed by atoms with Crippen LogP contribution in [0.2, 0.25) is 10.0 Å². The van der Waals surface area contributed by atoms with E-state index in [1.54, 1.807) is 37.1 Å². The third-order valence-electron chi connectivity index (χ3n) is 5.93. The van der Waals surface area contributed by atoms with Crippen molar-refractivity contribution in [1.29, 1.82) is 0 Å². The van der Waals surface area contributed by atoms with Crippen molar-refractivity contribution in [2.75, 3.05) is 26.3 Å². The van der Waals surface area contributed by atoms with Crippen LogP contribution < -0.4 is 0 Å². The molecule has 0 aliphatic carbocycles. The fraction of sp³-hybridized carbons (Fsp3) is 0.455. The predicted octanol–water partition coefficient (Wildman–Crippen LogP) is 4.89. The lowest BCUT2D eigenvalue weighted by molar-refractivity contribution is -0.0584. The number of nitrogens with zero attached hydrogens (tertiary/aromatic N) is 3. The van der Waals surface area contributed by atoms with Crippen molar-refractivity contribution in [1.82, 2.24) is 9.80 Å². The number of hydrogen-bond acceptors (Lipinski definition) is 4. The first-order valence-corrected chi connectivity index (χ1v) is 11.0. The highest BCUT2D eigenvalue weighted by atomic mass is 35.5. The zero-order valence-electron chi connectivity index (χ0n) is 17.5. The number of carbonyl (C=O) groups excluding carboxylic acids is 1. The summed E-state index contributed by atoms with van der Waals surface area (Å²) in [6, 6.07) is 2.25. The van der Waals surface area contributed by atoms with Gasteiger partial charge in [-0.15, -0.1) is 0 Å². The molecule has 3 aliphatic rings. The Morgan fingerprint density at radius 3 is 2.59 bits per heavy atom. The van der Waals surface area contributed by atoms with E-state index >= 15 is 0 Å². The van der Waals surface area contributed by atoms with Crippen molar-refractivity contribution < 1.29 is 22.7 Å². The van der Waals surface area contributed by atoms with Crippen LogP contribution in [0.1, 0.15) is 29.8 Å². The summed E-state index contributed by atoms with van der Waals surface area (Å²) in [6.07, 6.45) is -1.59. The van der Waals surface area contributed by atoms with Gasteiger partial charge in [0.05, 0.1) is 35.9 Å². The zero-order chi connectivity index (χ0) is 23.2. The van der Waals surface area contributed by atoms with Gasteiger partial charge in [-0.2, -0.15) is 13.2 Å². The minimum Gasteiger partial charge on any atom is -0.378 e. The molecule has 32 heavy (non-hydrogen) atoms. The second-order valence-corrected chi connectivity index (χ2v) is 8.86. The quantitative estimate of drug-likeness (QED) is 0.609. The summed E-state index contributed by atoms with van der Waals surface area (Å²) in [7, 11) is 0. The van der Waals surface area contributed by atoms with E-state index in [1.807, 2.05) is 4.90 Å². The Morgan fingerprint density at radius 1 is 1.25 bits per heavy atom. The van der Waals surface area contributed by atoms with E-state index in [1.165, 1.54) is 0 Å². The average molecular weight is 488 g/mol. The molecule has 1 amide bonds. The fourth-order valence-electron chi connectivity index (χ4n) is 4.35. The highest BCUT2D eigenvalue weighted by Crippen LogP contribution is 2.39. The number of allylic oxidation sites excluding steroid dienone is 1. The molecule has 5 nitrogen and oxygen atoms in total. The summed E-state index contributed by atoms with van der Waals surface area (Å²) in [5.41, 5.74) is 1.33. The number of dihydropyridines is 1. The molecule has 1 aromatic carbocycles. The van der Waals surface area contributed by atoms with Crippen LogP contribution in [-0.4, -0.2) is 66.0 Å². The third-order valence-corrected chi connectivity index (χ3v) is 6.71. The number of aliphatic imine (C=N–C) groups is 1. The first kappa shape index (κ1) is 23.1. The molecule has 3 heterocycles. The number of halogens is 5. The Morgan fingerprint density at radius 2 is 1.94 bits per heavy atom. The second kappa shape index (κ2) is 8.72. The third kappa shape index (κ3) is 4.28. The Balaban J connectivity index is 1.62. The number of morpholine rings is 1. The standard InChI is InChI=1S/C22H22Cl2F3N3O2/c1-12-10-30(20-13(2)28-18(9-15(12)20)22(25,26)27)11-16-17(23)4-3-14(19(16)24)21(31)29-5-7-32-8-6-29/h3-4,9-10,13,20H,5-8,11H2,1-2H3. The topological polar surface area (TPSA) is 45.1 Å². The van der Waals surface area contributed by atoms with Gasteiger partial charge in [-0.1, -0.05) is 23.2 Å². The second-order valence-electron chi connectivity index (χ2n) is 8.07. The molecule has 0 spiro atoms. The molecule has 2 unspecified atom stereocenters. The lowest BCUT2D eigenvalue weighted by Crippen LogP contribution is -2.41. The highest BCUT2D eigenvalue weighted by Gasteiger charge is 2.42. The largest absolute Gasteiger partial charge is 0.432 e. The number of rotatable bonds is 3. The lowest BCUT2D eigenvalue weighted by atomic mass is 9.93. The Bertz CT molecular complexity index is 1030. The molecule has 1 aromatic rings. The molecule has 2 atom stereocenters. The van der Waals surface area contributed by atoms with E-state index in [9.17, 15) is 18.0 Å². The van der Waals surface area contributed by atoms with Gasteiger partial charge in [-0.3, -0.25) is 9.79 Å². The number of benzene rings is 1. The number of carbonyl (C=O) groups is 1. The van der Waals surface area contributed by atoms with Crippen molar-refractivity contribution in [3.05, 3.63) is 56.7 Å². The van der Waals surface area contributed by atoms with Gasteiger partial charge in [-0.25, -0.2) is 0 Å². The summed E-state index contributed by atoms with van der Waals surface area (Å²) in [4.78, 5) is 20.4. The summed E-state index contributed by atoms with van der Waals surface area (Å²) in [6.45, 7) is 5.57. The number of ether oxygens (including phenoxy) is 1. The van der Waals surface area contributed by atoms with Gasteiger partial charge in [0.2, 0.25) is 0 Å². The van der Waals surface area contributed by atoms with Crippen LogP contribution >= 0.6 is 23.2 Å². The van der Waals surface area contributed by atoms with Crippen molar-refractivity contribution in [2.45, 2.75) is 38.7 Å². The van der Waals surface area contributed by atoms with Crippen LogP contribution in [0.5, 0.6) is 0 Å². The number of fused-ring (bicyclic) bond motifs is 1. The minimum absolute atomic E-state index is 0.199. The zero-order valence-corrected chi connectivity index (χ0v) is 19.1. The van der Waals surface area contributed by atoms with Gasteiger partial charge in [-0.05, 0) is 43.2 Å². The molecule has 0 bridgehead atoms. The molecule has 172 valence electrons. The Hall–Kier alpha value is -2.03. The smallest absolute Gasteiger partial charge is 0.378 e. The van der Waals surface area contributed by atoms with Crippen LogP contribution in [0, 0.1) is 0 Å².